The predicted octanol–water partition coefficient (Wildman–Crippen LogP) is 0.621. The first kappa shape index (κ1) is 18.7. The molecule has 5 fully saturated rings. The van der Waals surface area contributed by atoms with Gasteiger partial charge in [-0.25, -0.2) is 9.40 Å². The molecular weight excluding hydrogens is 343 g/mol. The summed E-state index contributed by atoms with van der Waals surface area (Å²) < 4.78 is 14.4. The predicted molar refractivity (Wildman–Crippen MR) is 105 cm³/mol. The maximum Gasteiger partial charge on any atom is 0.113 e. The maximum atomic E-state index is 14.4. The van der Waals surface area contributed by atoms with Crippen molar-refractivity contribution in [3.8, 4) is 0 Å². The van der Waals surface area contributed by atoms with Crippen molar-refractivity contribution in [1.29, 1.82) is 0 Å². The first-order chi connectivity index (χ1) is 13.2. The number of piperidine rings is 1. The molecule has 7 heteroatoms. The number of hydrazine groups is 1. The number of nitrogens with zero attached hydrogens (tertiary/aromatic N) is 2. The zero-order chi connectivity index (χ0) is 18.4. The van der Waals surface area contributed by atoms with Gasteiger partial charge in [0.25, 0.3) is 0 Å². The fourth-order valence-corrected chi connectivity index (χ4v) is 6.35. The molecule has 0 saturated carbocycles. The molecule has 5 aliphatic heterocycles. The third-order valence-corrected chi connectivity index (χ3v) is 7.82. The van der Waals surface area contributed by atoms with Crippen LogP contribution in [0.15, 0.2) is 0 Å². The van der Waals surface area contributed by atoms with Crippen molar-refractivity contribution in [1.82, 2.24) is 31.3 Å². The highest BCUT2D eigenvalue weighted by Crippen LogP contribution is 2.36. The minimum Gasteiger partial charge on any atom is -0.311 e. The van der Waals surface area contributed by atoms with E-state index in [1.54, 1.807) is 0 Å². The van der Waals surface area contributed by atoms with E-state index in [0.29, 0.717) is 48.8 Å². The van der Waals surface area contributed by atoms with Crippen LogP contribution in [0.4, 0.5) is 4.39 Å². The van der Waals surface area contributed by atoms with Crippen LogP contribution in [0.5, 0.6) is 0 Å². The molecule has 4 N–H and O–H groups in total. The van der Waals surface area contributed by atoms with Crippen LogP contribution >= 0.6 is 0 Å². The zero-order valence-electron chi connectivity index (χ0n) is 16.7. The normalized spacial score (nSPS) is 49.6. The van der Waals surface area contributed by atoms with Gasteiger partial charge in [-0.05, 0) is 63.5 Å². The van der Waals surface area contributed by atoms with Gasteiger partial charge in [-0.1, -0.05) is 6.92 Å². The van der Waals surface area contributed by atoms with Gasteiger partial charge in [0, 0.05) is 31.7 Å². The van der Waals surface area contributed by atoms with Crippen molar-refractivity contribution in [2.24, 2.45) is 11.8 Å². The van der Waals surface area contributed by atoms with Gasteiger partial charge in [-0.3, -0.25) is 15.6 Å². The number of halogens is 1. The minimum absolute atomic E-state index is 0.368. The topological polar surface area (TPSA) is 54.6 Å². The second-order valence-corrected chi connectivity index (χ2v) is 9.63. The molecule has 27 heavy (non-hydrogen) atoms. The highest BCUT2D eigenvalue weighted by molar-refractivity contribution is 5.01. The Balaban J connectivity index is 1.41. The Morgan fingerprint density at radius 1 is 0.926 bits per heavy atom. The molecule has 6 unspecified atom stereocenters. The van der Waals surface area contributed by atoms with Crippen molar-refractivity contribution in [3.63, 3.8) is 0 Å². The highest BCUT2D eigenvalue weighted by Gasteiger charge is 2.46. The SMILES string of the molecule is C[C@H]1CCC2NCC(F)CC2[C@H]2CCCN2C2CCN3NCC(NC1)C3N2. The van der Waals surface area contributed by atoms with Crippen LogP contribution < -0.4 is 21.4 Å². The highest BCUT2D eigenvalue weighted by atomic mass is 19.1. The molecule has 0 aromatic carbocycles. The van der Waals surface area contributed by atoms with E-state index in [1.165, 1.54) is 25.7 Å². The lowest BCUT2D eigenvalue weighted by molar-refractivity contribution is -0.00177. The standard InChI is InChI=1S/C20H37FN6/c1-13-4-5-16-15(9-14(21)11-23-16)18-3-2-7-26(18)19-6-8-27-20(25-19)17(12-24-27)22-10-13/h13-20,22-25H,2-12H2,1H3/t13-,14?,15?,16?,17?,18+,19?,20?/m0/s1. The van der Waals surface area contributed by atoms with Crippen LogP contribution in [0.1, 0.15) is 45.4 Å². The quantitative estimate of drug-likeness (QED) is 0.494. The summed E-state index contributed by atoms with van der Waals surface area (Å²) in [5.74, 6) is 1.11. The Bertz CT molecular complexity index is 521. The maximum absolute atomic E-state index is 14.4. The summed E-state index contributed by atoms with van der Waals surface area (Å²) in [7, 11) is 0. The Kier molecular flexibility index (Phi) is 5.43. The minimum atomic E-state index is -0.679. The molecular formula is C20H37FN6. The van der Waals surface area contributed by atoms with Gasteiger partial charge in [0.1, 0.15) is 6.17 Å². The number of alkyl halides is 1. The van der Waals surface area contributed by atoms with E-state index in [-0.39, 0.29) is 0 Å². The fraction of sp³-hybridized carbons (Fsp3) is 1.00. The number of fused-ring (bicyclic) bond motifs is 5. The molecule has 5 saturated heterocycles. The van der Waals surface area contributed by atoms with Crippen molar-refractivity contribution in [2.75, 3.05) is 32.7 Å². The first-order valence-electron chi connectivity index (χ1n) is 11.3. The molecule has 5 rings (SSSR count). The van der Waals surface area contributed by atoms with Crippen LogP contribution in [-0.4, -0.2) is 79.3 Å². The average Bonchev–Trinajstić information content (AvgIpc) is 3.31. The Hall–Kier alpha value is -0.310. The van der Waals surface area contributed by atoms with Gasteiger partial charge < -0.3 is 10.6 Å². The molecule has 0 spiro atoms. The fourth-order valence-electron chi connectivity index (χ4n) is 6.35. The van der Waals surface area contributed by atoms with Crippen molar-refractivity contribution >= 4 is 0 Å². The average molecular weight is 381 g/mol. The van der Waals surface area contributed by atoms with E-state index in [4.69, 9.17) is 0 Å². The summed E-state index contributed by atoms with van der Waals surface area (Å²) in [5, 5.41) is 13.8. The van der Waals surface area contributed by atoms with E-state index in [1.807, 2.05) is 0 Å². The van der Waals surface area contributed by atoms with E-state index >= 15 is 0 Å². The number of hydrogen-bond donors (Lipinski definition) is 4. The van der Waals surface area contributed by atoms with Crippen LogP contribution in [0, 0.1) is 11.8 Å². The van der Waals surface area contributed by atoms with Crippen LogP contribution in [0.3, 0.4) is 0 Å². The van der Waals surface area contributed by atoms with Crippen molar-refractivity contribution in [3.05, 3.63) is 0 Å². The largest absolute Gasteiger partial charge is 0.311 e. The lowest BCUT2D eigenvalue weighted by Gasteiger charge is -2.47. The molecule has 8 atom stereocenters. The van der Waals surface area contributed by atoms with E-state index < -0.39 is 6.17 Å². The number of nitrogens with one attached hydrogen (secondary N) is 4. The van der Waals surface area contributed by atoms with E-state index in [0.717, 1.165) is 39.0 Å². The molecule has 5 heterocycles. The summed E-state index contributed by atoms with van der Waals surface area (Å²) in [6.07, 6.45) is 6.91. The molecule has 0 radical (unpaired) electrons. The van der Waals surface area contributed by atoms with Crippen molar-refractivity contribution in [2.45, 2.75) is 82.1 Å². The summed E-state index contributed by atoms with van der Waals surface area (Å²) in [4.78, 5) is 2.71. The second-order valence-electron chi connectivity index (χ2n) is 9.63. The smallest absolute Gasteiger partial charge is 0.113 e. The molecule has 5 aliphatic rings. The number of hydrogen-bond acceptors (Lipinski definition) is 6. The van der Waals surface area contributed by atoms with Gasteiger partial charge in [0.15, 0.2) is 0 Å². The molecule has 6 nitrogen and oxygen atoms in total. The monoisotopic (exact) mass is 380 g/mol. The Morgan fingerprint density at radius 3 is 2.74 bits per heavy atom. The third-order valence-electron chi connectivity index (χ3n) is 7.82. The molecule has 0 amide bonds. The Morgan fingerprint density at radius 2 is 1.81 bits per heavy atom. The first-order valence-corrected chi connectivity index (χ1v) is 11.3. The number of rotatable bonds is 0. The molecule has 0 aliphatic carbocycles. The van der Waals surface area contributed by atoms with E-state index in [2.05, 4.69) is 38.2 Å². The van der Waals surface area contributed by atoms with Gasteiger partial charge >= 0.3 is 0 Å². The third kappa shape index (κ3) is 3.67. The molecule has 0 aromatic rings. The Labute approximate surface area is 162 Å². The second kappa shape index (κ2) is 7.84. The zero-order valence-corrected chi connectivity index (χ0v) is 16.7. The van der Waals surface area contributed by atoms with E-state index in [9.17, 15) is 4.39 Å². The van der Waals surface area contributed by atoms with Gasteiger partial charge in [0.2, 0.25) is 0 Å². The van der Waals surface area contributed by atoms with Gasteiger partial charge in [-0.15, -0.1) is 0 Å². The molecule has 2 bridgehead atoms. The van der Waals surface area contributed by atoms with Crippen LogP contribution in [0.2, 0.25) is 0 Å². The molecule has 0 aromatic heterocycles. The van der Waals surface area contributed by atoms with Gasteiger partial charge in [-0.2, -0.15) is 0 Å². The lowest BCUT2D eigenvalue weighted by atomic mass is 9.79. The summed E-state index contributed by atoms with van der Waals surface area (Å²) in [5.41, 5.74) is 3.58. The van der Waals surface area contributed by atoms with Crippen molar-refractivity contribution < 1.29 is 4.39 Å². The summed E-state index contributed by atoms with van der Waals surface area (Å²) in [6, 6.07) is 1.47. The lowest BCUT2D eigenvalue weighted by Crippen LogP contribution is -2.66. The summed E-state index contributed by atoms with van der Waals surface area (Å²) in [6.45, 7) is 7.25. The van der Waals surface area contributed by atoms with Gasteiger partial charge in [0.05, 0.1) is 18.4 Å². The molecule has 154 valence electrons. The van der Waals surface area contributed by atoms with Crippen LogP contribution in [0.25, 0.3) is 0 Å². The summed E-state index contributed by atoms with van der Waals surface area (Å²) >= 11 is 0. The van der Waals surface area contributed by atoms with Crippen LogP contribution in [-0.2, 0) is 0 Å².